The fourth-order valence-corrected chi connectivity index (χ4v) is 2.86. The van der Waals surface area contributed by atoms with Crippen molar-refractivity contribution in [2.24, 2.45) is 0 Å². The largest absolute Gasteiger partial charge is 0.378 e. The van der Waals surface area contributed by atoms with Crippen LogP contribution in [0.25, 0.3) is 10.6 Å². The van der Waals surface area contributed by atoms with E-state index >= 15 is 0 Å². The number of Topliss-reactive ketones (excluding diaryl/α,β-unsaturated/α-hetero) is 1. The van der Waals surface area contributed by atoms with E-state index in [1.165, 1.54) is 11.3 Å². The Hall–Kier alpha value is -1.72. The van der Waals surface area contributed by atoms with Crippen LogP contribution in [0.1, 0.15) is 22.3 Å². The van der Waals surface area contributed by atoms with Gasteiger partial charge in [-0.2, -0.15) is 0 Å². The van der Waals surface area contributed by atoms with E-state index in [2.05, 4.69) is 4.98 Å². The second kappa shape index (κ2) is 6.15. The summed E-state index contributed by atoms with van der Waals surface area (Å²) in [6.45, 7) is 1.92. The number of rotatable bonds is 5. The highest BCUT2D eigenvalue weighted by Gasteiger charge is 2.15. The SMILES string of the molecule is COCc1nc(-c2ccc(N(C)C)cc2)sc1C(C)=O. The van der Waals surface area contributed by atoms with Gasteiger partial charge in [0.25, 0.3) is 0 Å². The van der Waals surface area contributed by atoms with Gasteiger partial charge in [-0.3, -0.25) is 4.79 Å². The maximum Gasteiger partial charge on any atom is 0.171 e. The number of ether oxygens (including phenoxy) is 1. The molecule has 0 N–H and O–H groups in total. The Kier molecular flexibility index (Phi) is 4.52. The van der Waals surface area contributed by atoms with Crippen molar-refractivity contribution in [3.05, 3.63) is 34.8 Å². The molecule has 0 spiro atoms. The van der Waals surface area contributed by atoms with Crippen molar-refractivity contribution in [3.63, 3.8) is 0 Å². The molecule has 20 heavy (non-hydrogen) atoms. The maximum absolute atomic E-state index is 11.6. The average Bonchev–Trinajstić information content (AvgIpc) is 2.83. The number of anilines is 1. The molecule has 0 unspecified atom stereocenters. The van der Waals surface area contributed by atoms with E-state index in [0.29, 0.717) is 11.5 Å². The number of aromatic nitrogens is 1. The summed E-state index contributed by atoms with van der Waals surface area (Å²) >= 11 is 1.42. The summed E-state index contributed by atoms with van der Waals surface area (Å²) in [4.78, 5) is 18.9. The minimum Gasteiger partial charge on any atom is -0.378 e. The van der Waals surface area contributed by atoms with Gasteiger partial charge in [-0.15, -0.1) is 11.3 Å². The quantitative estimate of drug-likeness (QED) is 0.793. The van der Waals surface area contributed by atoms with Crippen LogP contribution in [-0.2, 0) is 11.3 Å². The Morgan fingerprint density at radius 1 is 1.30 bits per heavy atom. The Bertz CT molecular complexity index is 603. The molecule has 4 nitrogen and oxygen atoms in total. The monoisotopic (exact) mass is 290 g/mol. The molecule has 1 heterocycles. The van der Waals surface area contributed by atoms with Gasteiger partial charge >= 0.3 is 0 Å². The molecule has 0 bridgehead atoms. The first kappa shape index (κ1) is 14.7. The van der Waals surface area contributed by atoms with Crippen LogP contribution in [0.3, 0.4) is 0 Å². The molecule has 0 saturated carbocycles. The van der Waals surface area contributed by atoms with Gasteiger partial charge in [-0.05, 0) is 24.3 Å². The van der Waals surface area contributed by atoms with Crippen LogP contribution in [0.5, 0.6) is 0 Å². The molecule has 0 fully saturated rings. The number of methoxy groups -OCH3 is 1. The number of benzene rings is 1. The molecule has 2 rings (SSSR count). The lowest BCUT2D eigenvalue weighted by Crippen LogP contribution is -2.07. The first-order valence-electron chi connectivity index (χ1n) is 6.30. The van der Waals surface area contributed by atoms with Gasteiger partial charge in [0.15, 0.2) is 5.78 Å². The van der Waals surface area contributed by atoms with E-state index in [-0.39, 0.29) is 5.78 Å². The second-order valence-corrected chi connectivity index (χ2v) is 5.72. The summed E-state index contributed by atoms with van der Waals surface area (Å²) in [7, 11) is 5.61. The molecule has 0 aliphatic rings. The van der Waals surface area contributed by atoms with Gasteiger partial charge in [0.2, 0.25) is 0 Å². The fourth-order valence-electron chi connectivity index (χ4n) is 1.89. The first-order chi connectivity index (χ1) is 9.52. The van der Waals surface area contributed by atoms with E-state index in [9.17, 15) is 4.79 Å². The number of carbonyl (C=O) groups is 1. The predicted molar refractivity (Wildman–Crippen MR) is 82.6 cm³/mol. The van der Waals surface area contributed by atoms with E-state index in [0.717, 1.165) is 22.0 Å². The van der Waals surface area contributed by atoms with Crippen molar-refractivity contribution in [2.75, 3.05) is 26.1 Å². The zero-order valence-electron chi connectivity index (χ0n) is 12.1. The van der Waals surface area contributed by atoms with Crippen LogP contribution in [0.2, 0.25) is 0 Å². The molecular formula is C15H18N2O2S. The molecule has 2 aromatic rings. The topological polar surface area (TPSA) is 42.4 Å². The van der Waals surface area contributed by atoms with Gasteiger partial charge < -0.3 is 9.64 Å². The van der Waals surface area contributed by atoms with Crippen LogP contribution < -0.4 is 4.90 Å². The third-order valence-corrected chi connectivity index (χ3v) is 4.18. The van der Waals surface area contributed by atoms with Crippen molar-refractivity contribution >= 4 is 22.8 Å². The lowest BCUT2D eigenvalue weighted by Gasteiger charge is -2.11. The summed E-state index contributed by atoms with van der Waals surface area (Å²) < 4.78 is 5.10. The fraction of sp³-hybridized carbons (Fsp3) is 0.333. The highest BCUT2D eigenvalue weighted by Crippen LogP contribution is 2.30. The molecule has 0 amide bonds. The predicted octanol–water partition coefficient (Wildman–Crippen LogP) is 3.23. The Labute approximate surface area is 123 Å². The minimum atomic E-state index is 0.0331. The van der Waals surface area contributed by atoms with Crippen LogP contribution in [0, 0.1) is 0 Å². The third kappa shape index (κ3) is 3.05. The Balaban J connectivity index is 2.37. The van der Waals surface area contributed by atoms with Crippen molar-refractivity contribution in [2.45, 2.75) is 13.5 Å². The number of nitrogens with zero attached hydrogens (tertiary/aromatic N) is 2. The zero-order chi connectivity index (χ0) is 14.7. The smallest absolute Gasteiger partial charge is 0.171 e. The standard InChI is InChI=1S/C15H18N2O2S/c1-10(18)14-13(9-19-4)16-15(20-14)11-5-7-12(8-6-11)17(2)3/h5-8H,9H2,1-4H3. The maximum atomic E-state index is 11.6. The van der Waals surface area contributed by atoms with Crippen LogP contribution in [0.4, 0.5) is 5.69 Å². The summed E-state index contributed by atoms with van der Waals surface area (Å²) in [5, 5.41) is 0.854. The number of hydrogen-bond donors (Lipinski definition) is 0. The summed E-state index contributed by atoms with van der Waals surface area (Å²) in [6, 6.07) is 8.13. The molecule has 106 valence electrons. The average molecular weight is 290 g/mol. The van der Waals surface area contributed by atoms with Crippen molar-refractivity contribution in [1.29, 1.82) is 0 Å². The zero-order valence-corrected chi connectivity index (χ0v) is 13.0. The van der Waals surface area contributed by atoms with Gasteiger partial charge in [-0.1, -0.05) is 0 Å². The van der Waals surface area contributed by atoms with Gasteiger partial charge in [0, 0.05) is 39.4 Å². The second-order valence-electron chi connectivity index (χ2n) is 4.73. The normalized spacial score (nSPS) is 10.6. The molecule has 0 atom stereocenters. The van der Waals surface area contributed by atoms with Crippen LogP contribution in [0.15, 0.2) is 24.3 Å². The Morgan fingerprint density at radius 3 is 2.45 bits per heavy atom. The lowest BCUT2D eigenvalue weighted by atomic mass is 10.2. The highest BCUT2D eigenvalue weighted by atomic mass is 32.1. The van der Waals surface area contributed by atoms with E-state index < -0.39 is 0 Å². The number of hydrogen-bond acceptors (Lipinski definition) is 5. The summed E-state index contributed by atoms with van der Waals surface area (Å²) in [5.74, 6) is 0.0331. The molecule has 1 aromatic heterocycles. The summed E-state index contributed by atoms with van der Waals surface area (Å²) in [5.41, 5.74) is 2.87. The molecule has 0 aliphatic heterocycles. The molecule has 5 heteroatoms. The molecule has 0 radical (unpaired) electrons. The Morgan fingerprint density at radius 2 is 1.95 bits per heavy atom. The first-order valence-corrected chi connectivity index (χ1v) is 7.12. The number of thiazole rings is 1. The molecule has 0 aliphatic carbocycles. The molecule has 1 aromatic carbocycles. The van der Waals surface area contributed by atoms with Crippen LogP contribution in [-0.4, -0.2) is 32.0 Å². The van der Waals surface area contributed by atoms with Crippen LogP contribution >= 0.6 is 11.3 Å². The van der Waals surface area contributed by atoms with Gasteiger partial charge in [0.05, 0.1) is 17.2 Å². The third-order valence-electron chi connectivity index (χ3n) is 2.93. The summed E-state index contributed by atoms with van der Waals surface area (Å²) in [6.07, 6.45) is 0. The van der Waals surface area contributed by atoms with Crippen molar-refractivity contribution in [3.8, 4) is 10.6 Å². The molecule has 0 saturated heterocycles. The minimum absolute atomic E-state index is 0.0331. The van der Waals surface area contributed by atoms with E-state index in [1.54, 1.807) is 14.0 Å². The van der Waals surface area contributed by atoms with E-state index in [1.807, 2.05) is 43.3 Å². The lowest BCUT2D eigenvalue weighted by molar-refractivity contribution is 0.101. The van der Waals surface area contributed by atoms with Gasteiger partial charge in [0.1, 0.15) is 5.01 Å². The van der Waals surface area contributed by atoms with Crippen molar-refractivity contribution in [1.82, 2.24) is 4.98 Å². The van der Waals surface area contributed by atoms with Crippen molar-refractivity contribution < 1.29 is 9.53 Å². The number of ketones is 1. The molecular weight excluding hydrogens is 272 g/mol. The van der Waals surface area contributed by atoms with E-state index in [4.69, 9.17) is 4.74 Å². The highest BCUT2D eigenvalue weighted by molar-refractivity contribution is 7.17. The van der Waals surface area contributed by atoms with Gasteiger partial charge in [-0.25, -0.2) is 4.98 Å². The number of carbonyl (C=O) groups excluding carboxylic acids is 1.